The number of ether oxygens (including phenoxy) is 1. The maximum atomic E-state index is 10.9. The van der Waals surface area contributed by atoms with Crippen LogP contribution in [-0.2, 0) is 11.4 Å². The van der Waals surface area contributed by atoms with Crippen LogP contribution in [0.3, 0.4) is 0 Å². The van der Waals surface area contributed by atoms with E-state index in [4.69, 9.17) is 9.84 Å². The van der Waals surface area contributed by atoms with Crippen molar-refractivity contribution >= 4 is 5.97 Å². The van der Waals surface area contributed by atoms with E-state index in [9.17, 15) is 4.79 Å². The Balaban J connectivity index is 1.63. The molecule has 1 fully saturated rings. The Labute approximate surface area is 136 Å². The van der Waals surface area contributed by atoms with Gasteiger partial charge in [-0.25, -0.2) is 4.79 Å². The van der Waals surface area contributed by atoms with Crippen molar-refractivity contribution in [3.63, 3.8) is 0 Å². The van der Waals surface area contributed by atoms with Gasteiger partial charge in [0, 0.05) is 5.57 Å². The Kier molecular flexibility index (Phi) is 4.47. The molecule has 0 spiro atoms. The van der Waals surface area contributed by atoms with Crippen molar-refractivity contribution in [1.82, 2.24) is 0 Å². The molecule has 2 unspecified atom stereocenters. The number of hydrogen-bond acceptors (Lipinski definition) is 2. The second-order valence-corrected chi connectivity index (χ2v) is 6.01. The largest absolute Gasteiger partial charge is 0.489 e. The van der Waals surface area contributed by atoms with Crippen LogP contribution in [0.15, 0.2) is 66.2 Å². The number of carbonyl (C=O) groups is 1. The van der Waals surface area contributed by atoms with E-state index in [1.54, 1.807) is 6.92 Å². The number of carboxylic acids is 1. The third-order valence-corrected chi connectivity index (χ3v) is 4.18. The van der Waals surface area contributed by atoms with Crippen molar-refractivity contribution in [3.8, 4) is 5.75 Å². The topological polar surface area (TPSA) is 46.5 Å². The van der Waals surface area contributed by atoms with E-state index in [2.05, 4.69) is 12.1 Å². The minimum Gasteiger partial charge on any atom is -0.489 e. The molecule has 0 heterocycles. The van der Waals surface area contributed by atoms with Gasteiger partial charge in [0.2, 0.25) is 0 Å². The van der Waals surface area contributed by atoms with Gasteiger partial charge in [-0.05, 0) is 48.4 Å². The van der Waals surface area contributed by atoms with E-state index in [1.165, 1.54) is 5.56 Å². The zero-order chi connectivity index (χ0) is 16.2. The second kappa shape index (κ2) is 6.69. The highest BCUT2D eigenvalue weighted by Crippen LogP contribution is 2.49. The summed E-state index contributed by atoms with van der Waals surface area (Å²) in [5, 5.41) is 8.95. The van der Waals surface area contributed by atoms with Crippen LogP contribution in [0.25, 0.3) is 0 Å². The molecule has 3 nitrogen and oxygen atoms in total. The lowest BCUT2D eigenvalue weighted by Crippen LogP contribution is -1.97. The summed E-state index contributed by atoms with van der Waals surface area (Å²) in [4.78, 5) is 10.9. The van der Waals surface area contributed by atoms with Crippen molar-refractivity contribution in [2.75, 3.05) is 0 Å². The number of aliphatic carboxylic acids is 1. The molecule has 1 aliphatic rings. The first-order chi connectivity index (χ1) is 11.1. The van der Waals surface area contributed by atoms with Crippen molar-refractivity contribution in [3.05, 3.63) is 77.4 Å². The maximum Gasteiger partial charge on any atom is 0.330 e. The van der Waals surface area contributed by atoms with Gasteiger partial charge < -0.3 is 9.84 Å². The van der Waals surface area contributed by atoms with Gasteiger partial charge in [-0.3, -0.25) is 0 Å². The fourth-order valence-corrected chi connectivity index (χ4v) is 2.75. The fraction of sp³-hybridized carbons (Fsp3) is 0.250. The molecular weight excluding hydrogens is 288 g/mol. The quantitative estimate of drug-likeness (QED) is 0.805. The van der Waals surface area contributed by atoms with Crippen LogP contribution in [0.4, 0.5) is 0 Å². The van der Waals surface area contributed by atoms with Crippen molar-refractivity contribution in [2.45, 2.75) is 25.9 Å². The van der Waals surface area contributed by atoms with Crippen molar-refractivity contribution in [2.24, 2.45) is 5.92 Å². The molecule has 2 atom stereocenters. The van der Waals surface area contributed by atoms with Crippen LogP contribution in [0.5, 0.6) is 5.75 Å². The molecule has 3 heteroatoms. The standard InChI is InChI=1S/C20H20O3/c1-14(20(21)22)10-17-12-19(17)16-8-5-9-18(11-16)23-13-15-6-3-2-4-7-15/h2-11,17,19H,12-13H2,1H3,(H,21,22)/b14-10-. The van der Waals surface area contributed by atoms with Gasteiger partial charge in [0.25, 0.3) is 0 Å². The van der Waals surface area contributed by atoms with Gasteiger partial charge in [-0.15, -0.1) is 0 Å². The summed E-state index contributed by atoms with van der Waals surface area (Å²) in [5.74, 6) is 0.756. The molecule has 0 aliphatic heterocycles. The minimum absolute atomic E-state index is 0.329. The normalized spacial score (nSPS) is 20.1. The van der Waals surface area contributed by atoms with Crippen LogP contribution >= 0.6 is 0 Å². The lowest BCUT2D eigenvalue weighted by Gasteiger charge is -2.08. The molecule has 0 amide bonds. The molecule has 0 radical (unpaired) electrons. The molecule has 1 aliphatic carbocycles. The molecule has 1 N–H and O–H groups in total. The van der Waals surface area contributed by atoms with Crippen molar-refractivity contribution < 1.29 is 14.6 Å². The van der Waals surface area contributed by atoms with E-state index < -0.39 is 5.97 Å². The van der Waals surface area contributed by atoms with Gasteiger partial charge in [-0.1, -0.05) is 48.5 Å². The molecule has 118 valence electrons. The maximum absolute atomic E-state index is 10.9. The number of allylic oxidation sites excluding steroid dienone is 1. The molecule has 0 saturated heterocycles. The Bertz CT molecular complexity index is 719. The van der Waals surface area contributed by atoms with Crippen LogP contribution < -0.4 is 4.74 Å². The summed E-state index contributed by atoms with van der Waals surface area (Å²) in [7, 11) is 0. The third-order valence-electron chi connectivity index (χ3n) is 4.18. The summed E-state index contributed by atoms with van der Waals surface area (Å²) < 4.78 is 5.86. The summed E-state index contributed by atoms with van der Waals surface area (Å²) in [6, 6.07) is 18.2. The van der Waals surface area contributed by atoms with Crippen molar-refractivity contribution in [1.29, 1.82) is 0 Å². The number of rotatable bonds is 6. The third kappa shape index (κ3) is 4.01. The number of carboxylic acid groups (broad SMARTS) is 1. The Morgan fingerprint density at radius 2 is 2.00 bits per heavy atom. The number of hydrogen-bond donors (Lipinski definition) is 1. The summed E-state index contributed by atoms with van der Waals surface area (Å²) in [6.45, 7) is 2.20. The van der Waals surface area contributed by atoms with Gasteiger partial charge in [0.05, 0.1) is 0 Å². The zero-order valence-corrected chi connectivity index (χ0v) is 13.1. The van der Waals surface area contributed by atoms with E-state index >= 15 is 0 Å². The average Bonchev–Trinajstić information content (AvgIpc) is 3.33. The Hall–Kier alpha value is -2.55. The van der Waals surface area contributed by atoms with Gasteiger partial charge in [0.15, 0.2) is 0 Å². The van der Waals surface area contributed by atoms with Crippen LogP contribution in [0.2, 0.25) is 0 Å². The van der Waals surface area contributed by atoms with Gasteiger partial charge in [-0.2, -0.15) is 0 Å². The second-order valence-electron chi connectivity index (χ2n) is 6.01. The van der Waals surface area contributed by atoms with E-state index in [-0.39, 0.29) is 0 Å². The van der Waals surface area contributed by atoms with Crippen LogP contribution in [0, 0.1) is 5.92 Å². The van der Waals surface area contributed by atoms with Crippen LogP contribution in [0.1, 0.15) is 30.4 Å². The molecular formula is C20H20O3. The minimum atomic E-state index is -0.837. The molecule has 2 aromatic carbocycles. The van der Waals surface area contributed by atoms with E-state index in [0.29, 0.717) is 24.0 Å². The Morgan fingerprint density at radius 1 is 1.22 bits per heavy atom. The average molecular weight is 308 g/mol. The first kappa shape index (κ1) is 15.3. The zero-order valence-electron chi connectivity index (χ0n) is 13.1. The Morgan fingerprint density at radius 3 is 2.74 bits per heavy atom. The smallest absolute Gasteiger partial charge is 0.330 e. The van der Waals surface area contributed by atoms with Gasteiger partial charge in [0.1, 0.15) is 12.4 Å². The molecule has 2 aromatic rings. The summed E-state index contributed by atoms with van der Waals surface area (Å²) in [5.41, 5.74) is 2.78. The van der Waals surface area contributed by atoms with E-state index in [1.807, 2.05) is 48.5 Å². The predicted octanol–water partition coefficient (Wildman–Crippen LogP) is 4.40. The lowest BCUT2D eigenvalue weighted by atomic mass is 10.1. The number of benzene rings is 2. The predicted molar refractivity (Wildman–Crippen MR) is 89.5 cm³/mol. The lowest BCUT2D eigenvalue weighted by molar-refractivity contribution is -0.132. The first-order valence-corrected chi connectivity index (χ1v) is 7.82. The molecule has 23 heavy (non-hydrogen) atoms. The first-order valence-electron chi connectivity index (χ1n) is 7.82. The molecule has 3 rings (SSSR count). The molecule has 0 bridgehead atoms. The monoisotopic (exact) mass is 308 g/mol. The highest BCUT2D eigenvalue weighted by molar-refractivity contribution is 5.85. The molecule has 0 aromatic heterocycles. The SMILES string of the molecule is C/C(=C/C1CC1c1cccc(OCc2ccccc2)c1)C(=O)O. The van der Waals surface area contributed by atoms with E-state index in [0.717, 1.165) is 17.7 Å². The highest BCUT2D eigenvalue weighted by atomic mass is 16.5. The molecule has 1 saturated carbocycles. The van der Waals surface area contributed by atoms with Crippen LogP contribution in [-0.4, -0.2) is 11.1 Å². The fourth-order valence-electron chi connectivity index (χ4n) is 2.75. The van der Waals surface area contributed by atoms with Gasteiger partial charge >= 0.3 is 5.97 Å². The highest BCUT2D eigenvalue weighted by Gasteiger charge is 2.37. The summed E-state index contributed by atoms with van der Waals surface area (Å²) in [6.07, 6.45) is 2.87. The summed E-state index contributed by atoms with van der Waals surface area (Å²) >= 11 is 0.